The van der Waals surface area contributed by atoms with Gasteiger partial charge in [0, 0.05) is 12.5 Å². The first kappa shape index (κ1) is 22.8. The highest BCUT2D eigenvalue weighted by Gasteiger charge is 2.31. The van der Waals surface area contributed by atoms with Crippen molar-refractivity contribution < 1.29 is 32.9 Å². The summed E-state index contributed by atoms with van der Waals surface area (Å²) in [6, 6.07) is 19.6. The van der Waals surface area contributed by atoms with Gasteiger partial charge in [-0.2, -0.15) is 13.2 Å². The van der Waals surface area contributed by atoms with Crippen molar-refractivity contribution >= 4 is 6.09 Å². The zero-order valence-corrected chi connectivity index (χ0v) is 17.4. The van der Waals surface area contributed by atoms with E-state index in [1.807, 2.05) is 48.5 Å². The fourth-order valence-electron chi connectivity index (χ4n) is 4.04. The molecule has 33 heavy (non-hydrogen) atoms. The number of alkyl carbamates (subject to hydrolysis) is 1. The Morgan fingerprint density at radius 1 is 0.909 bits per heavy atom. The Morgan fingerprint density at radius 3 is 2.00 bits per heavy atom. The summed E-state index contributed by atoms with van der Waals surface area (Å²) in [5, 5.41) is 22.7. The summed E-state index contributed by atoms with van der Waals surface area (Å²) in [6.45, 7) is -0.240. The topological polar surface area (TPSA) is 78.8 Å². The van der Waals surface area contributed by atoms with Crippen LogP contribution in [-0.4, -0.2) is 35.6 Å². The minimum Gasteiger partial charge on any atom is -0.449 e. The lowest BCUT2D eigenvalue weighted by Gasteiger charge is -2.20. The lowest BCUT2D eigenvalue weighted by Crippen LogP contribution is -2.36. The van der Waals surface area contributed by atoms with Gasteiger partial charge in [0.1, 0.15) is 18.8 Å². The molecule has 1 amide bonds. The second-order valence-electron chi connectivity index (χ2n) is 7.84. The molecule has 1 aliphatic rings. The number of hydrogen-bond acceptors (Lipinski definition) is 4. The quantitative estimate of drug-likeness (QED) is 0.504. The number of hydrogen-bond donors (Lipinski definition) is 3. The average Bonchev–Trinajstić information content (AvgIpc) is 3.14. The Labute approximate surface area is 188 Å². The molecule has 0 bridgehead atoms. The Hall–Kier alpha value is -3.36. The lowest BCUT2D eigenvalue weighted by atomic mass is 9.98. The molecule has 172 valence electrons. The highest BCUT2D eigenvalue weighted by Crippen LogP contribution is 2.44. The molecule has 0 aliphatic heterocycles. The van der Waals surface area contributed by atoms with E-state index in [-0.39, 0.29) is 24.6 Å². The van der Waals surface area contributed by atoms with Crippen molar-refractivity contribution in [2.24, 2.45) is 0 Å². The molecule has 3 aromatic carbocycles. The minimum atomic E-state index is -4.49. The van der Waals surface area contributed by atoms with Crippen molar-refractivity contribution in [1.29, 1.82) is 0 Å². The number of carbonyl (C=O) groups is 1. The molecule has 0 saturated carbocycles. The maximum atomic E-state index is 12.7. The summed E-state index contributed by atoms with van der Waals surface area (Å²) < 4.78 is 43.4. The number of benzene rings is 3. The van der Waals surface area contributed by atoms with Crippen molar-refractivity contribution in [1.82, 2.24) is 5.32 Å². The number of rotatable bonds is 6. The number of aliphatic hydroxyl groups is 2. The van der Waals surface area contributed by atoms with E-state index in [1.165, 1.54) is 0 Å². The van der Waals surface area contributed by atoms with Gasteiger partial charge in [-0.3, -0.25) is 0 Å². The first-order chi connectivity index (χ1) is 15.8. The van der Waals surface area contributed by atoms with Crippen LogP contribution in [0.25, 0.3) is 11.1 Å². The van der Waals surface area contributed by atoms with Gasteiger partial charge in [-0.15, -0.1) is 0 Å². The van der Waals surface area contributed by atoms with Crippen molar-refractivity contribution in [3.8, 4) is 11.1 Å². The van der Waals surface area contributed by atoms with Crippen LogP contribution < -0.4 is 5.32 Å². The number of carbonyl (C=O) groups excluding carboxylic acids is 1. The zero-order chi connectivity index (χ0) is 23.6. The van der Waals surface area contributed by atoms with Gasteiger partial charge in [0.25, 0.3) is 0 Å². The van der Waals surface area contributed by atoms with Crippen molar-refractivity contribution in [2.75, 3.05) is 13.2 Å². The summed E-state index contributed by atoms with van der Waals surface area (Å²) in [5.41, 5.74) is 3.55. The molecule has 0 spiro atoms. The standard InChI is InChI=1S/C25H22F3NO4/c26-25(27,28)16-11-9-15(10-12-16)23(31)22(30)13-29-24(32)33-14-21-19-7-3-1-5-17(19)18-6-2-4-8-20(18)21/h1-12,21-23,30-31H,13-14H2,(H,29,32). The van der Waals surface area contributed by atoms with Crippen LogP contribution in [0.5, 0.6) is 0 Å². The number of aliphatic hydroxyl groups excluding tert-OH is 2. The van der Waals surface area contributed by atoms with Gasteiger partial charge in [-0.25, -0.2) is 4.79 Å². The first-order valence-electron chi connectivity index (χ1n) is 10.4. The van der Waals surface area contributed by atoms with E-state index in [0.717, 1.165) is 46.5 Å². The molecule has 1 aliphatic carbocycles. The van der Waals surface area contributed by atoms with Gasteiger partial charge in [0.2, 0.25) is 0 Å². The van der Waals surface area contributed by atoms with Crippen LogP contribution in [0.1, 0.15) is 34.3 Å². The molecule has 4 rings (SSSR count). The number of fused-ring (bicyclic) bond motifs is 3. The van der Waals surface area contributed by atoms with Gasteiger partial charge < -0.3 is 20.3 Å². The van der Waals surface area contributed by atoms with E-state index >= 15 is 0 Å². The third-order valence-electron chi connectivity index (χ3n) is 5.74. The summed E-state index contributed by atoms with van der Waals surface area (Å²) in [5.74, 6) is -0.120. The average molecular weight is 457 g/mol. The molecule has 0 aromatic heterocycles. The molecule has 3 N–H and O–H groups in total. The van der Waals surface area contributed by atoms with Gasteiger partial charge in [0.05, 0.1) is 5.56 Å². The maximum Gasteiger partial charge on any atom is 0.416 e. The molecule has 0 saturated heterocycles. The Balaban J connectivity index is 1.32. The predicted octanol–water partition coefficient (Wildman–Crippen LogP) is 4.64. The third-order valence-corrected chi connectivity index (χ3v) is 5.74. The molecule has 0 fully saturated rings. The Kier molecular flexibility index (Phi) is 6.40. The summed E-state index contributed by atoms with van der Waals surface area (Å²) in [4.78, 5) is 12.2. The van der Waals surface area contributed by atoms with Crippen molar-refractivity contribution in [3.05, 3.63) is 95.1 Å². The first-order valence-corrected chi connectivity index (χ1v) is 10.4. The van der Waals surface area contributed by atoms with Crippen LogP contribution >= 0.6 is 0 Å². The van der Waals surface area contributed by atoms with Gasteiger partial charge in [0.15, 0.2) is 0 Å². The number of alkyl halides is 3. The van der Waals surface area contributed by atoms with Gasteiger partial charge in [-0.05, 0) is 39.9 Å². The van der Waals surface area contributed by atoms with Crippen LogP contribution in [0, 0.1) is 0 Å². The van der Waals surface area contributed by atoms with Crippen LogP contribution in [-0.2, 0) is 10.9 Å². The summed E-state index contributed by atoms with van der Waals surface area (Å²) in [6.07, 6.45) is -8.16. The normalized spacial score (nSPS) is 14.8. The molecular formula is C25H22F3NO4. The molecule has 3 aromatic rings. The fraction of sp³-hybridized carbons (Fsp3) is 0.240. The smallest absolute Gasteiger partial charge is 0.416 e. The molecule has 0 radical (unpaired) electrons. The largest absolute Gasteiger partial charge is 0.449 e. The van der Waals surface area contributed by atoms with Gasteiger partial charge >= 0.3 is 12.3 Å². The van der Waals surface area contributed by atoms with E-state index in [9.17, 15) is 28.2 Å². The predicted molar refractivity (Wildman–Crippen MR) is 115 cm³/mol. The van der Waals surface area contributed by atoms with Crippen molar-refractivity contribution in [3.63, 3.8) is 0 Å². The molecule has 0 heterocycles. The van der Waals surface area contributed by atoms with Crippen molar-refractivity contribution in [2.45, 2.75) is 24.3 Å². The van der Waals surface area contributed by atoms with Crippen LogP contribution in [0.2, 0.25) is 0 Å². The van der Waals surface area contributed by atoms with Crippen LogP contribution in [0.15, 0.2) is 72.8 Å². The maximum absolute atomic E-state index is 12.7. The zero-order valence-electron chi connectivity index (χ0n) is 17.4. The number of amides is 1. The monoisotopic (exact) mass is 457 g/mol. The molecule has 2 unspecified atom stereocenters. The van der Waals surface area contributed by atoms with E-state index in [2.05, 4.69) is 5.32 Å². The lowest BCUT2D eigenvalue weighted by molar-refractivity contribution is -0.137. The molecule has 2 atom stereocenters. The summed E-state index contributed by atoms with van der Waals surface area (Å²) >= 11 is 0. The Bertz CT molecular complexity index is 1090. The highest BCUT2D eigenvalue weighted by molar-refractivity contribution is 5.79. The van der Waals surface area contributed by atoms with Gasteiger partial charge in [-0.1, -0.05) is 60.7 Å². The van der Waals surface area contributed by atoms with Crippen LogP contribution in [0.3, 0.4) is 0 Å². The van der Waals surface area contributed by atoms with Crippen LogP contribution in [0.4, 0.5) is 18.0 Å². The number of halogens is 3. The summed E-state index contributed by atoms with van der Waals surface area (Å²) in [7, 11) is 0. The van der Waals surface area contributed by atoms with E-state index in [1.54, 1.807) is 0 Å². The second kappa shape index (κ2) is 9.25. The van der Waals surface area contributed by atoms with E-state index in [4.69, 9.17) is 4.74 Å². The van der Waals surface area contributed by atoms with E-state index < -0.39 is 30.0 Å². The molecular weight excluding hydrogens is 435 g/mol. The number of nitrogens with one attached hydrogen (secondary N) is 1. The third kappa shape index (κ3) is 4.86. The number of ether oxygens (including phenoxy) is 1. The highest BCUT2D eigenvalue weighted by atomic mass is 19.4. The fourth-order valence-corrected chi connectivity index (χ4v) is 4.04. The second-order valence-corrected chi connectivity index (χ2v) is 7.84. The van der Waals surface area contributed by atoms with E-state index in [0.29, 0.717) is 0 Å². The molecule has 8 heteroatoms. The Morgan fingerprint density at radius 2 is 1.45 bits per heavy atom. The SMILES string of the molecule is O=C(NCC(O)C(O)c1ccc(C(F)(F)F)cc1)OCC1c2ccccc2-c2ccccc21. The minimum absolute atomic E-state index is 0.0947. The molecule has 5 nitrogen and oxygen atoms in total.